The highest BCUT2D eigenvalue weighted by molar-refractivity contribution is 7.80. The van der Waals surface area contributed by atoms with Gasteiger partial charge < -0.3 is 0 Å². The molecule has 0 bridgehead atoms. The predicted molar refractivity (Wildman–Crippen MR) is 71.7 cm³/mol. The Morgan fingerprint density at radius 2 is 1.93 bits per heavy atom. The summed E-state index contributed by atoms with van der Waals surface area (Å²) in [7, 11) is 0. The van der Waals surface area contributed by atoms with Crippen molar-refractivity contribution in [3.05, 3.63) is 0 Å². The molecule has 1 heterocycles. The lowest BCUT2D eigenvalue weighted by Crippen LogP contribution is -2.44. The third-order valence-corrected chi connectivity index (χ3v) is 4.40. The zero-order valence-electron chi connectivity index (χ0n) is 11.0. The van der Waals surface area contributed by atoms with Gasteiger partial charge in [0.2, 0.25) is 0 Å². The molecular weight excluding hydrogens is 202 g/mol. The van der Waals surface area contributed by atoms with Crippen LogP contribution in [-0.2, 0) is 0 Å². The van der Waals surface area contributed by atoms with Gasteiger partial charge in [0.15, 0.2) is 0 Å². The third-order valence-electron chi connectivity index (χ3n) is 3.96. The smallest absolute Gasteiger partial charge is 0.0153 e. The van der Waals surface area contributed by atoms with Gasteiger partial charge in [-0.3, -0.25) is 4.90 Å². The molecule has 1 fully saturated rings. The Morgan fingerprint density at radius 1 is 1.33 bits per heavy atom. The maximum absolute atomic E-state index is 4.51. The van der Waals surface area contributed by atoms with Crippen molar-refractivity contribution in [2.75, 3.05) is 18.8 Å². The Balaban J connectivity index is 2.60. The first-order chi connectivity index (χ1) is 6.77. The Bertz CT molecular complexity index is 205. The molecule has 1 nitrogen and oxygen atoms in total. The van der Waals surface area contributed by atoms with Gasteiger partial charge >= 0.3 is 0 Å². The highest BCUT2D eigenvalue weighted by Gasteiger charge is 2.35. The van der Waals surface area contributed by atoms with Crippen molar-refractivity contribution in [2.24, 2.45) is 11.3 Å². The summed E-state index contributed by atoms with van der Waals surface area (Å²) in [5.74, 6) is 1.69. The molecule has 1 aliphatic rings. The van der Waals surface area contributed by atoms with Crippen LogP contribution < -0.4 is 0 Å². The van der Waals surface area contributed by atoms with Crippen LogP contribution in [0.3, 0.4) is 0 Å². The largest absolute Gasteiger partial charge is 0.298 e. The van der Waals surface area contributed by atoms with Gasteiger partial charge in [0.1, 0.15) is 0 Å². The molecule has 0 aromatic heterocycles. The Labute approximate surface area is 101 Å². The summed E-state index contributed by atoms with van der Waals surface area (Å²) < 4.78 is 0. The van der Waals surface area contributed by atoms with Gasteiger partial charge in [-0.2, -0.15) is 12.6 Å². The maximum atomic E-state index is 4.51. The number of thiol groups is 1. The van der Waals surface area contributed by atoms with Crippen LogP contribution in [-0.4, -0.2) is 29.3 Å². The summed E-state index contributed by atoms with van der Waals surface area (Å²) in [5, 5.41) is 0. The first kappa shape index (κ1) is 13.4. The normalized spacial score (nSPS) is 24.4. The Morgan fingerprint density at radius 3 is 2.27 bits per heavy atom. The number of rotatable bonds is 3. The van der Waals surface area contributed by atoms with Gasteiger partial charge in [0.05, 0.1) is 0 Å². The van der Waals surface area contributed by atoms with Crippen LogP contribution in [0.5, 0.6) is 0 Å². The molecule has 2 heteroatoms. The number of nitrogens with zero attached hydrogens (tertiary/aromatic N) is 1. The molecule has 1 atom stereocenters. The van der Waals surface area contributed by atoms with Crippen molar-refractivity contribution in [2.45, 2.75) is 53.0 Å². The summed E-state index contributed by atoms with van der Waals surface area (Å²) >= 11 is 4.51. The van der Waals surface area contributed by atoms with E-state index in [1.54, 1.807) is 0 Å². The third kappa shape index (κ3) is 3.39. The Kier molecular flexibility index (Phi) is 4.16. The molecule has 0 aromatic rings. The van der Waals surface area contributed by atoms with Crippen molar-refractivity contribution >= 4 is 12.6 Å². The SMILES string of the molecule is CC(C)(C)C(CS)CN1CCCC1(C)C. The van der Waals surface area contributed by atoms with Crippen LogP contribution in [0.15, 0.2) is 0 Å². The lowest BCUT2D eigenvalue weighted by molar-refractivity contribution is 0.112. The highest BCUT2D eigenvalue weighted by Crippen LogP contribution is 2.33. The van der Waals surface area contributed by atoms with E-state index in [0.29, 0.717) is 16.9 Å². The molecule has 0 saturated carbocycles. The van der Waals surface area contributed by atoms with Gasteiger partial charge in [-0.25, -0.2) is 0 Å². The van der Waals surface area contributed by atoms with Crippen LogP contribution in [0.1, 0.15) is 47.5 Å². The van der Waals surface area contributed by atoms with Gasteiger partial charge in [0, 0.05) is 12.1 Å². The summed E-state index contributed by atoms with van der Waals surface area (Å²) in [6.45, 7) is 14.2. The van der Waals surface area contributed by atoms with E-state index in [9.17, 15) is 0 Å². The van der Waals surface area contributed by atoms with Crippen molar-refractivity contribution in [1.82, 2.24) is 4.90 Å². The Hall–Kier alpha value is 0.310. The van der Waals surface area contributed by atoms with E-state index in [-0.39, 0.29) is 0 Å². The van der Waals surface area contributed by atoms with E-state index in [1.807, 2.05) is 0 Å². The predicted octanol–water partition coefficient (Wildman–Crippen LogP) is 3.45. The molecule has 15 heavy (non-hydrogen) atoms. The molecule has 0 N–H and O–H groups in total. The fraction of sp³-hybridized carbons (Fsp3) is 1.00. The molecule has 1 rings (SSSR count). The summed E-state index contributed by atoms with van der Waals surface area (Å²) in [6.07, 6.45) is 2.70. The topological polar surface area (TPSA) is 3.24 Å². The first-order valence-corrected chi connectivity index (χ1v) is 6.76. The molecule has 0 radical (unpaired) electrons. The molecule has 90 valence electrons. The standard InChI is InChI=1S/C13H27NS/c1-12(2,3)11(10-15)9-14-8-6-7-13(14,4)5/h11,15H,6-10H2,1-5H3. The molecular formula is C13H27NS. The number of likely N-dealkylation sites (tertiary alicyclic amines) is 1. The average molecular weight is 229 g/mol. The molecule has 1 aliphatic heterocycles. The lowest BCUT2D eigenvalue weighted by atomic mass is 9.81. The van der Waals surface area contributed by atoms with E-state index >= 15 is 0 Å². The summed E-state index contributed by atoms with van der Waals surface area (Å²) in [4.78, 5) is 2.65. The zero-order valence-corrected chi connectivity index (χ0v) is 11.9. The summed E-state index contributed by atoms with van der Waals surface area (Å²) in [5.41, 5.74) is 0.785. The summed E-state index contributed by atoms with van der Waals surface area (Å²) in [6, 6.07) is 0. The quantitative estimate of drug-likeness (QED) is 0.726. The minimum atomic E-state index is 0.375. The van der Waals surface area contributed by atoms with Gasteiger partial charge in [-0.15, -0.1) is 0 Å². The second kappa shape index (κ2) is 4.67. The van der Waals surface area contributed by atoms with E-state index in [4.69, 9.17) is 0 Å². The van der Waals surface area contributed by atoms with Crippen LogP contribution in [0.25, 0.3) is 0 Å². The van der Waals surface area contributed by atoms with Gasteiger partial charge in [-0.05, 0) is 50.3 Å². The zero-order chi connectivity index (χ0) is 11.7. The fourth-order valence-corrected chi connectivity index (χ4v) is 3.04. The molecule has 0 aromatic carbocycles. The van der Waals surface area contributed by atoms with Gasteiger partial charge in [-0.1, -0.05) is 20.8 Å². The molecule has 1 saturated heterocycles. The number of hydrogen-bond acceptors (Lipinski definition) is 2. The van der Waals surface area contributed by atoms with E-state index in [1.165, 1.54) is 25.9 Å². The van der Waals surface area contributed by atoms with E-state index in [0.717, 1.165) is 5.75 Å². The first-order valence-electron chi connectivity index (χ1n) is 6.13. The van der Waals surface area contributed by atoms with Crippen LogP contribution in [0.2, 0.25) is 0 Å². The monoisotopic (exact) mass is 229 g/mol. The maximum Gasteiger partial charge on any atom is 0.0153 e. The van der Waals surface area contributed by atoms with Crippen LogP contribution >= 0.6 is 12.6 Å². The average Bonchev–Trinajstić information content (AvgIpc) is 2.39. The molecule has 0 spiro atoms. The van der Waals surface area contributed by atoms with Crippen molar-refractivity contribution in [3.8, 4) is 0 Å². The fourth-order valence-electron chi connectivity index (χ4n) is 2.37. The second-order valence-electron chi connectivity index (χ2n) is 6.61. The number of hydrogen-bond donors (Lipinski definition) is 1. The minimum absolute atomic E-state index is 0.375. The van der Waals surface area contributed by atoms with Crippen molar-refractivity contribution in [1.29, 1.82) is 0 Å². The highest BCUT2D eigenvalue weighted by atomic mass is 32.1. The van der Waals surface area contributed by atoms with Crippen LogP contribution in [0, 0.1) is 11.3 Å². The van der Waals surface area contributed by atoms with Crippen LogP contribution in [0.4, 0.5) is 0 Å². The second-order valence-corrected chi connectivity index (χ2v) is 6.97. The van der Waals surface area contributed by atoms with E-state index in [2.05, 4.69) is 52.1 Å². The molecule has 0 aliphatic carbocycles. The van der Waals surface area contributed by atoms with Crippen molar-refractivity contribution in [3.63, 3.8) is 0 Å². The van der Waals surface area contributed by atoms with E-state index < -0.39 is 0 Å². The molecule has 0 amide bonds. The van der Waals surface area contributed by atoms with Crippen molar-refractivity contribution < 1.29 is 0 Å². The molecule has 1 unspecified atom stereocenters. The van der Waals surface area contributed by atoms with Gasteiger partial charge in [0.25, 0.3) is 0 Å². The lowest BCUT2D eigenvalue weighted by Gasteiger charge is -2.38. The minimum Gasteiger partial charge on any atom is -0.298 e.